The van der Waals surface area contributed by atoms with Gasteiger partial charge < -0.3 is 11.5 Å². The lowest BCUT2D eigenvalue weighted by atomic mass is 10.1. The standard InChI is InChI=1S/C12H27N.C3H9N/c1-2-3-4-5-6-7-8-9-10-11-12-13;1-3(2)4/h2-13H2,1H3;3H,4H2,1-2H3. The third-order valence-electron chi connectivity index (χ3n) is 2.56. The van der Waals surface area contributed by atoms with Gasteiger partial charge in [0.2, 0.25) is 0 Å². The Labute approximate surface area is 110 Å². The van der Waals surface area contributed by atoms with Gasteiger partial charge in [-0.05, 0) is 19.0 Å². The molecular weight excluding hydrogens is 208 g/mol. The van der Waals surface area contributed by atoms with Crippen LogP contribution in [0.5, 0.6) is 0 Å². The molecule has 0 saturated carbocycles. The van der Waals surface area contributed by atoms with Crippen molar-refractivity contribution in [3.63, 3.8) is 0 Å². The molecule has 17 heavy (non-hydrogen) atoms. The van der Waals surface area contributed by atoms with E-state index < -0.39 is 0 Å². The van der Waals surface area contributed by atoms with Crippen molar-refractivity contribution >= 4 is 0 Å². The zero-order valence-corrected chi connectivity index (χ0v) is 12.5. The Balaban J connectivity index is 0. The summed E-state index contributed by atoms with van der Waals surface area (Å²) in [6.45, 7) is 7.03. The molecule has 0 aliphatic rings. The van der Waals surface area contributed by atoms with Crippen LogP contribution < -0.4 is 11.5 Å². The first-order valence-electron chi connectivity index (χ1n) is 7.60. The van der Waals surface area contributed by atoms with Crippen molar-refractivity contribution in [3.8, 4) is 0 Å². The summed E-state index contributed by atoms with van der Waals surface area (Å²) in [6.07, 6.45) is 13.9. The summed E-state index contributed by atoms with van der Waals surface area (Å²) in [4.78, 5) is 0. The molecule has 0 aliphatic heterocycles. The van der Waals surface area contributed by atoms with E-state index in [0.29, 0.717) is 6.04 Å². The number of rotatable bonds is 10. The van der Waals surface area contributed by atoms with Crippen molar-refractivity contribution < 1.29 is 0 Å². The Bertz CT molecular complexity index is 101. The first kappa shape index (κ1) is 19.3. The highest BCUT2D eigenvalue weighted by molar-refractivity contribution is 4.47. The number of hydrogen-bond donors (Lipinski definition) is 2. The van der Waals surface area contributed by atoms with Crippen LogP contribution in [0.4, 0.5) is 0 Å². The Hall–Kier alpha value is -0.0800. The smallest absolute Gasteiger partial charge is 0.00179 e. The largest absolute Gasteiger partial charge is 0.330 e. The number of hydrogen-bond acceptors (Lipinski definition) is 2. The van der Waals surface area contributed by atoms with Gasteiger partial charge in [0.05, 0.1) is 0 Å². The van der Waals surface area contributed by atoms with E-state index in [9.17, 15) is 0 Å². The van der Waals surface area contributed by atoms with E-state index in [1.807, 2.05) is 13.8 Å². The van der Waals surface area contributed by atoms with Gasteiger partial charge >= 0.3 is 0 Å². The molecule has 106 valence electrons. The Morgan fingerprint density at radius 2 is 1.00 bits per heavy atom. The minimum atomic E-state index is 0.333. The molecule has 2 heteroatoms. The molecule has 0 unspecified atom stereocenters. The topological polar surface area (TPSA) is 52.0 Å². The monoisotopic (exact) mass is 244 g/mol. The summed E-state index contributed by atoms with van der Waals surface area (Å²) in [5.74, 6) is 0. The van der Waals surface area contributed by atoms with Gasteiger partial charge in [0.1, 0.15) is 0 Å². The van der Waals surface area contributed by atoms with Gasteiger partial charge in [-0.1, -0.05) is 78.6 Å². The van der Waals surface area contributed by atoms with Crippen LogP contribution in [0.2, 0.25) is 0 Å². The minimum absolute atomic E-state index is 0.333. The van der Waals surface area contributed by atoms with E-state index in [0.717, 1.165) is 6.54 Å². The zero-order valence-electron chi connectivity index (χ0n) is 12.5. The summed E-state index contributed by atoms with van der Waals surface area (Å²) < 4.78 is 0. The fourth-order valence-corrected chi connectivity index (χ4v) is 1.63. The van der Waals surface area contributed by atoms with Gasteiger partial charge in [0.15, 0.2) is 0 Å². The van der Waals surface area contributed by atoms with Gasteiger partial charge in [-0.2, -0.15) is 0 Å². The fraction of sp³-hybridized carbons (Fsp3) is 1.00. The van der Waals surface area contributed by atoms with E-state index in [-0.39, 0.29) is 0 Å². The van der Waals surface area contributed by atoms with Crippen LogP contribution in [0, 0.1) is 0 Å². The summed E-state index contributed by atoms with van der Waals surface area (Å²) >= 11 is 0. The molecule has 0 bridgehead atoms. The molecule has 0 saturated heterocycles. The third kappa shape index (κ3) is 31.3. The van der Waals surface area contributed by atoms with E-state index in [1.165, 1.54) is 64.2 Å². The molecular formula is C15H36N2. The predicted octanol–water partition coefficient (Wildman–Crippen LogP) is 4.22. The van der Waals surface area contributed by atoms with E-state index in [1.54, 1.807) is 0 Å². The Kier molecular flexibility index (Phi) is 20.7. The molecule has 0 atom stereocenters. The minimum Gasteiger partial charge on any atom is -0.330 e. The molecule has 0 fully saturated rings. The van der Waals surface area contributed by atoms with Crippen molar-refractivity contribution in [2.45, 2.75) is 91.0 Å². The van der Waals surface area contributed by atoms with Crippen LogP contribution >= 0.6 is 0 Å². The maximum absolute atomic E-state index is 5.42. The van der Waals surface area contributed by atoms with Crippen LogP contribution in [0.3, 0.4) is 0 Å². The van der Waals surface area contributed by atoms with Gasteiger partial charge in [0, 0.05) is 0 Å². The second-order valence-corrected chi connectivity index (χ2v) is 5.21. The van der Waals surface area contributed by atoms with Gasteiger partial charge in [0.25, 0.3) is 0 Å². The second kappa shape index (κ2) is 18.3. The average molecular weight is 244 g/mol. The normalized spacial score (nSPS) is 10.2. The van der Waals surface area contributed by atoms with Gasteiger partial charge in [-0.25, -0.2) is 0 Å². The first-order valence-corrected chi connectivity index (χ1v) is 7.60. The Morgan fingerprint density at radius 3 is 1.29 bits per heavy atom. The number of nitrogens with two attached hydrogens (primary N) is 2. The molecule has 0 heterocycles. The molecule has 4 N–H and O–H groups in total. The molecule has 0 aromatic rings. The van der Waals surface area contributed by atoms with Crippen molar-refractivity contribution in [1.82, 2.24) is 0 Å². The summed E-state index contributed by atoms with van der Waals surface area (Å²) in [5.41, 5.74) is 10.5. The molecule has 0 radical (unpaired) electrons. The van der Waals surface area contributed by atoms with E-state index in [4.69, 9.17) is 11.5 Å². The number of unbranched alkanes of at least 4 members (excludes halogenated alkanes) is 9. The summed E-state index contributed by atoms with van der Waals surface area (Å²) in [6, 6.07) is 0.333. The highest BCUT2D eigenvalue weighted by Crippen LogP contribution is 2.09. The summed E-state index contributed by atoms with van der Waals surface area (Å²) in [5, 5.41) is 0. The highest BCUT2D eigenvalue weighted by Gasteiger charge is 1.91. The van der Waals surface area contributed by atoms with Crippen molar-refractivity contribution in [3.05, 3.63) is 0 Å². The van der Waals surface area contributed by atoms with Gasteiger partial charge in [-0.15, -0.1) is 0 Å². The van der Waals surface area contributed by atoms with Crippen LogP contribution in [0.25, 0.3) is 0 Å². The lowest BCUT2D eigenvalue weighted by Gasteiger charge is -2.00. The molecule has 0 aromatic carbocycles. The molecule has 0 amide bonds. The van der Waals surface area contributed by atoms with Crippen molar-refractivity contribution in [2.24, 2.45) is 11.5 Å². The lowest BCUT2D eigenvalue weighted by Crippen LogP contribution is -2.06. The van der Waals surface area contributed by atoms with Crippen LogP contribution in [0.15, 0.2) is 0 Å². The molecule has 0 aliphatic carbocycles. The summed E-state index contributed by atoms with van der Waals surface area (Å²) in [7, 11) is 0. The molecule has 0 aromatic heterocycles. The van der Waals surface area contributed by atoms with Crippen LogP contribution in [-0.4, -0.2) is 12.6 Å². The quantitative estimate of drug-likeness (QED) is 0.565. The average Bonchev–Trinajstić information content (AvgIpc) is 2.26. The molecule has 2 nitrogen and oxygen atoms in total. The van der Waals surface area contributed by atoms with Crippen molar-refractivity contribution in [2.75, 3.05) is 6.54 Å². The molecule has 0 rings (SSSR count). The molecule has 0 spiro atoms. The predicted molar refractivity (Wildman–Crippen MR) is 80.2 cm³/mol. The Morgan fingerprint density at radius 1 is 0.706 bits per heavy atom. The van der Waals surface area contributed by atoms with Crippen molar-refractivity contribution in [1.29, 1.82) is 0 Å². The SMILES string of the molecule is CC(C)N.CCCCCCCCCCCCN. The zero-order chi connectivity index (χ0) is 13.4. The lowest BCUT2D eigenvalue weighted by molar-refractivity contribution is 0.558. The first-order chi connectivity index (χ1) is 8.15. The maximum Gasteiger partial charge on any atom is -0.00179 e. The third-order valence-corrected chi connectivity index (χ3v) is 2.56. The highest BCUT2D eigenvalue weighted by atomic mass is 14.6. The maximum atomic E-state index is 5.42. The van der Waals surface area contributed by atoms with Crippen LogP contribution in [0.1, 0.15) is 85.0 Å². The van der Waals surface area contributed by atoms with E-state index >= 15 is 0 Å². The van der Waals surface area contributed by atoms with Gasteiger partial charge in [-0.3, -0.25) is 0 Å². The second-order valence-electron chi connectivity index (χ2n) is 5.21. The van der Waals surface area contributed by atoms with E-state index in [2.05, 4.69) is 6.92 Å². The van der Waals surface area contributed by atoms with Crippen LogP contribution in [-0.2, 0) is 0 Å². The fourth-order valence-electron chi connectivity index (χ4n) is 1.63.